The highest BCUT2D eigenvalue weighted by Gasteiger charge is 2.20. The molecule has 128 valence electrons. The van der Waals surface area contributed by atoms with Crippen molar-refractivity contribution in [2.45, 2.75) is 58.4 Å². The third-order valence-electron chi connectivity index (χ3n) is 4.64. The summed E-state index contributed by atoms with van der Waals surface area (Å²) in [5.74, 6) is 0.115. The van der Waals surface area contributed by atoms with E-state index >= 15 is 0 Å². The number of piperidine rings is 1. The predicted octanol–water partition coefficient (Wildman–Crippen LogP) is 4.42. The highest BCUT2D eigenvalue weighted by atomic mass is 16.1. The van der Waals surface area contributed by atoms with E-state index in [1.807, 2.05) is 24.3 Å². The van der Waals surface area contributed by atoms with Gasteiger partial charge in [-0.15, -0.1) is 0 Å². The smallest absolute Gasteiger partial charge is 0.267 e. The Morgan fingerprint density at radius 1 is 1.38 bits per heavy atom. The number of carbonyl (C=O) groups is 1. The average Bonchev–Trinajstić information content (AvgIpc) is 2.60. The number of hydrogen-bond acceptors (Lipinski definition) is 3. The van der Waals surface area contributed by atoms with Crippen molar-refractivity contribution in [3.63, 3.8) is 0 Å². The molecule has 0 bridgehead atoms. The second-order valence-electron chi connectivity index (χ2n) is 6.68. The van der Waals surface area contributed by atoms with Crippen LogP contribution in [0.4, 0.5) is 5.69 Å². The van der Waals surface area contributed by atoms with Gasteiger partial charge in [-0.05, 0) is 49.3 Å². The highest BCUT2D eigenvalue weighted by Crippen LogP contribution is 2.21. The molecule has 4 nitrogen and oxygen atoms in total. The fourth-order valence-corrected chi connectivity index (χ4v) is 3.09. The van der Waals surface area contributed by atoms with Gasteiger partial charge in [-0.25, -0.2) is 0 Å². The first kappa shape index (κ1) is 18.1. The van der Waals surface area contributed by atoms with Gasteiger partial charge in [-0.2, -0.15) is 5.26 Å². The first-order valence-electron chi connectivity index (χ1n) is 8.84. The Morgan fingerprint density at radius 3 is 2.67 bits per heavy atom. The van der Waals surface area contributed by atoms with Gasteiger partial charge in [0.05, 0.1) is 0 Å². The van der Waals surface area contributed by atoms with Gasteiger partial charge in [0.2, 0.25) is 0 Å². The lowest BCUT2D eigenvalue weighted by Crippen LogP contribution is -2.35. The third-order valence-corrected chi connectivity index (χ3v) is 4.64. The molecular weight excluding hydrogens is 298 g/mol. The summed E-state index contributed by atoms with van der Waals surface area (Å²) >= 11 is 0. The Bertz CT molecular complexity index is 625. The first-order valence-corrected chi connectivity index (χ1v) is 8.84. The van der Waals surface area contributed by atoms with Crippen LogP contribution in [0.5, 0.6) is 0 Å². The third kappa shape index (κ3) is 4.61. The maximum absolute atomic E-state index is 12.4. The molecule has 0 spiro atoms. The van der Waals surface area contributed by atoms with Crippen LogP contribution in [-0.4, -0.2) is 23.4 Å². The number of hydrogen-bond donors (Lipinski definition) is 1. The standard InChI is InChI=1S/C20H27N3O/c1-4-19-7-5-6-12-23(19)14-17(13-21)20(24)22-18-10-8-16(9-11-18)15(2)3/h8-11,14-15,19H,4-7,12H2,1-3H3,(H,22,24)/b17-14-. The van der Waals surface area contributed by atoms with Gasteiger partial charge in [0.15, 0.2) is 0 Å². The Labute approximate surface area is 145 Å². The van der Waals surface area contributed by atoms with E-state index in [1.54, 1.807) is 6.20 Å². The summed E-state index contributed by atoms with van der Waals surface area (Å²) in [5, 5.41) is 12.2. The molecule has 0 aliphatic carbocycles. The molecule has 1 saturated heterocycles. The summed E-state index contributed by atoms with van der Waals surface area (Å²) in [5.41, 5.74) is 2.11. The normalized spacial score (nSPS) is 18.4. The van der Waals surface area contributed by atoms with E-state index in [9.17, 15) is 10.1 Å². The average molecular weight is 325 g/mol. The topological polar surface area (TPSA) is 56.1 Å². The van der Waals surface area contributed by atoms with Gasteiger partial charge >= 0.3 is 0 Å². The van der Waals surface area contributed by atoms with Crippen LogP contribution in [0.25, 0.3) is 0 Å². The molecule has 4 heteroatoms. The predicted molar refractivity (Wildman–Crippen MR) is 97.5 cm³/mol. The second-order valence-corrected chi connectivity index (χ2v) is 6.68. The van der Waals surface area contributed by atoms with Gasteiger partial charge in [-0.1, -0.05) is 32.9 Å². The van der Waals surface area contributed by atoms with Crippen molar-refractivity contribution < 1.29 is 4.79 Å². The number of nitriles is 1. The van der Waals surface area contributed by atoms with Crippen molar-refractivity contribution >= 4 is 11.6 Å². The molecule has 1 aromatic rings. The molecule has 1 heterocycles. The van der Waals surface area contributed by atoms with Gasteiger partial charge in [-0.3, -0.25) is 4.79 Å². The molecule has 0 radical (unpaired) electrons. The van der Waals surface area contributed by atoms with Crippen molar-refractivity contribution in [1.82, 2.24) is 4.90 Å². The molecule has 0 aromatic heterocycles. The maximum atomic E-state index is 12.4. The zero-order valence-electron chi connectivity index (χ0n) is 14.9. The fourth-order valence-electron chi connectivity index (χ4n) is 3.09. The van der Waals surface area contributed by atoms with Crippen LogP contribution in [0, 0.1) is 11.3 Å². The fraction of sp³-hybridized carbons (Fsp3) is 0.500. The molecule has 1 aliphatic heterocycles. The van der Waals surface area contributed by atoms with Crippen LogP contribution in [-0.2, 0) is 4.79 Å². The lowest BCUT2D eigenvalue weighted by atomic mass is 10.0. The van der Waals surface area contributed by atoms with Crippen LogP contribution >= 0.6 is 0 Å². The van der Waals surface area contributed by atoms with Gasteiger partial charge in [0, 0.05) is 24.5 Å². The molecule has 1 unspecified atom stereocenters. The van der Waals surface area contributed by atoms with E-state index in [-0.39, 0.29) is 11.5 Å². The van der Waals surface area contributed by atoms with E-state index in [4.69, 9.17) is 0 Å². The molecule has 0 saturated carbocycles. The Morgan fingerprint density at radius 2 is 2.08 bits per heavy atom. The maximum Gasteiger partial charge on any atom is 0.267 e. The number of nitrogens with one attached hydrogen (secondary N) is 1. The second kappa shape index (κ2) is 8.54. The monoisotopic (exact) mass is 325 g/mol. The minimum Gasteiger partial charge on any atom is -0.373 e. The Kier molecular flexibility index (Phi) is 6.43. The number of amides is 1. The van der Waals surface area contributed by atoms with E-state index < -0.39 is 0 Å². The van der Waals surface area contributed by atoms with E-state index in [2.05, 4.69) is 37.1 Å². The van der Waals surface area contributed by atoms with Crippen LogP contribution in [0.2, 0.25) is 0 Å². The molecule has 24 heavy (non-hydrogen) atoms. The zero-order chi connectivity index (χ0) is 17.5. The lowest BCUT2D eigenvalue weighted by Gasteiger charge is -2.34. The molecule has 1 atom stereocenters. The molecule has 1 aliphatic rings. The van der Waals surface area contributed by atoms with E-state index in [0.29, 0.717) is 12.0 Å². The number of benzene rings is 1. The Hall–Kier alpha value is -2.28. The summed E-state index contributed by atoms with van der Waals surface area (Å²) in [6.45, 7) is 7.33. The number of carbonyl (C=O) groups excluding carboxylic acids is 1. The summed E-state index contributed by atoms with van der Waals surface area (Å²) in [4.78, 5) is 14.6. The summed E-state index contributed by atoms with van der Waals surface area (Å²) in [6, 6.07) is 10.3. The van der Waals surface area contributed by atoms with E-state index in [1.165, 1.54) is 12.0 Å². The van der Waals surface area contributed by atoms with Crippen molar-refractivity contribution in [2.24, 2.45) is 0 Å². The summed E-state index contributed by atoms with van der Waals surface area (Å²) < 4.78 is 0. The molecule has 1 fully saturated rings. The van der Waals surface area contributed by atoms with Crippen LogP contribution in [0.3, 0.4) is 0 Å². The van der Waals surface area contributed by atoms with Gasteiger partial charge in [0.1, 0.15) is 11.6 Å². The first-order chi connectivity index (χ1) is 11.5. The largest absolute Gasteiger partial charge is 0.373 e. The molecule has 1 amide bonds. The lowest BCUT2D eigenvalue weighted by molar-refractivity contribution is -0.112. The van der Waals surface area contributed by atoms with E-state index in [0.717, 1.165) is 31.5 Å². The van der Waals surface area contributed by atoms with Crippen LogP contribution < -0.4 is 5.32 Å². The molecule has 1 N–H and O–H groups in total. The highest BCUT2D eigenvalue weighted by molar-refractivity contribution is 6.06. The number of anilines is 1. The Balaban J connectivity index is 2.08. The number of nitrogens with zero attached hydrogens (tertiary/aromatic N) is 2. The zero-order valence-corrected chi connectivity index (χ0v) is 14.9. The SMILES string of the molecule is CCC1CCCCN1/C=C(/C#N)C(=O)Nc1ccc(C(C)C)cc1. The molecular formula is C20H27N3O. The number of likely N-dealkylation sites (tertiary alicyclic amines) is 1. The summed E-state index contributed by atoms with van der Waals surface area (Å²) in [6.07, 6.45) is 6.24. The molecule has 2 rings (SSSR count). The van der Waals surface area contributed by atoms with Gasteiger partial charge < -0.3 is 10.2 Å². The van der Waals surface area contributed by atoms with Crippen molar-refractivity contribution in [2.75, 3.05) is 11.9 Å². The van der Waals surface area contributed by atoms with Crippen molar-refractivity contribution in [3.05, 3.63) is 41.6 Å². The molecule has 1 aromatic carbocycles. The van der Waals surface area contributed by atoms with Crippen molar-refractivity contribution in [1.29, 1.82) is 5.26 Å². The summed E-state index contributed by atoms with van der Waals surface area (Å²) in [7, 11) is 0. The quantitative estimate of drug-likeness (QED) is 0.644. The minimum absolute atomic E-state index is 0.170. The number of rotatable bonds is 5. The van der Waals surface area contributed by atoms with Crippen LogP contribution in [0.15, 0.2) is 36.0 Å². The van der Waals surface area contributed by atoms with Gasteiger partial charge in [0.25, 0.3) is 5.91 Å². The van der Waals surface area contributed by atoms with Crippen LogP contribution in [0.1, 0.15) is 57.9 Å². The minimum atomic E-state index is -0.338. The van der Waals surface area contributed by atoms with Crippen molar-refractivity contribution in [3.8, 4) is 6.07 Å².